The molecule has 1 aromatic heterocycles. The van der Waals surface area contributed by atoms with Crippen LogP contribution in [-0.2, 0) is 9.47 Å². The van der Waals surface area contributed by atoms with Crippen LogP contribution in [0.15, 0.2) is 186 Å². The molecule has 0 bridgehead atoms. The van der Waals surface area contributed by atoms with E-state index in [1.807, 2.05) is 11.3 Å². The van der Waals surface area contributed by atoms with Gasteiger partial charge in [0.15, 0.2) is 0 Å². The van der Waals surface area contributed by atoms with Gasteiger partial charge in [-0.1, -0.05) is 103 Å². The van der Waals surface area contributed by atoms with Crippen molar-refractivity contribution in [2.45, 2.75) is 82.1 Å². The minimum atomic E-state index is -0.157. The van der Waals surface area contributed by atoms with Gasteiger partial charge >= 0.3 is 0 Å². The van der Waals surface area contributed by atoms with E-state index in [1.54, 1.807) is 11.1 Å². The molecule has 59 heavy (non-hydrogen) atoms. The minimum Gasteiger partial charge on any atom is -0.494 e. The second-order valence-corrected chi connectivity index (χ2v) is 18.6. The summed E-state index contributed by atoms with van der Waals surface area (Å²) in [5.41, 5.74) is 10.8. The maximum absolute atomic E-state index is 7.32. The van der Waals surface area contributed by atoms with Crippen molar-refractivity contribution in [3.63, 3.8) is 0 Å². The molecule has 1 spiro atoms. The Kier molecular flexibility index (Phi) is 8.58. The zero-order valence-corrected chi connectivity index (χ0v) is 34.3. The van der Waals surface area contributed by atoms with Crippen LogP contribution in [0.3, 0.4) is 0 Å². The largest absolute Gasteiger partial charge is 0.494 e. The van der Waals surface area contributed by atoms with E-state index in [0.717, 1.165) is 68.4 Å². The third kappa shape index (κ3) is 5.66. The summed E-state index contributed by atoms with van der Waals surface area (Å²) in [7, 11) is 0. The topological polar surface area (TPSA) is 21.7 Å². The fraction of sp³-hybridized carbons (Fsp3) is 0.273. The highest BCUT2D eigenvalue weighted by Crippen LogP contribution is 2.66. The van der Waals surface area contributed by atoms with Gasteiger partial charge in [-0.15, -0.1) is 11.3 Å². The molecule has 0 saturated heterocycles. The highest BCUT2D eigenvalue weighted by molar-refractivity contribution is 7.25. The Balaban J connectivity index is 0.927. The number of para-hydroxylation sites is 2. The van der Waals surface area contributed by atoms with E-state index >= 15 is 0 Å². The smallest absolute Gasteiger partial charge is 0.109 e. The molecule has 0 saturated carbocycles. The lowest BCUT2D eigenvalue weighted by atomic mass is 9.51. The first-order chi connectivity index (χ1) is 29.2. The number of nitrogens with zero attached hydrogens (tertiary/aromatic N) is 1. The maximum atomic E-state index is 7.32. The summed E-state index contributed by atoms with van der Waals surface area (Å²) in [6.07, 6.45) is 20.8. The number of rotatable bonds is 5. The number of hydrogen-bond acceptors (Lipinski definition) is 4. The highest BCUT2D eigenvalue weighted by Gasteiger charge is 2.59. The number of anilines is 3. The molecule has 5 atom stereocenters. The number of hydrogen-bond donors (Lipinski definition) is 0. The van der Waals surface area contributed by atoms with Crippen molar-refractivity contribution in [2.75, 3.05) is 4.90 Å². The van der Waals surface area contributed by atoms with Crippen LogP contribution in [-0.4, -0.2) is 6.10 Å². The standard InChI is InChI=1S/C55H49NO2S/c1-3-14-39(15-4-1)56(40-16-5-2-6-17-40)41-30-26-36(27-31-41)37-28-32-46-50(34-37)57-48-22-10-8-20-44(48)55(46)45-21-9-11-23-49(45)58-51-35-38(29-33-47(51)55)42-19-13-25-53-54(42)43-18-7-12-24-52(43)59-53/h1-7,9,11-19,24-28,30-32,37-38,45,49H,8,10,20-23,29,33-35H2. The Morgan fingerprint density at radius 3 is 2.15 bits per heavy atom. The molecule has 3 heterocycles. The zero-order valence-electron chi connectivity index (χ0n) is 33.5. The van der Waals surface area contributed by atoms with Crippen LogP contribution in [0.4, 0.5) is 17.1 Å². The van der Waals surface area contributed by atoms with E-state index < -0.39 is 0 Å². The third-order valence-corrected chi connectivity index (χ3v) is 15.6. The van der Waals surface area contributed by atoms with Crippen LogP contribution in [0.2, 0.25) is 0 Å². The SMILES string of the molecule is C1=CCC2C(C1)OC1=C(CCC(c3cccc4sc5ccccc5c34)C1)C21C2=C(CC(c3ccc(N(c4ccccc4)c4ccccc4)cc3)C=C2)OC2=C1CCCC2. The summed E-state index contributed by atoms with van der Waals surface area (Å²) in [4.78, 5) is 2.34. The van der Waals surface area contributed by atoms with Crippen molar-refractivity contribution in [1.82, 2.24) is 0 Å². The van der Waals surface area contributed by atoms with Gasteiger partial charge in [0, 0.05) is 80.3 Å². The number of allylic oxidation sites excluding steroid dienone is 9. The lowest BCUT2D eigenvalue weighted by Crippen LogP contribution is -2.51. The van der Waals surface area contributed by atoms with Gasteiger partial charge in [0.1, 0.15) is 17.6 Å². The van der Waals surface area contributed by atoms with Crippen molar-refractivity contribution < 1.29 is 9.47 Å². The van der Waals surface area contributed by atoms with E-state index in [1.165, 1.54) is 67.0 Å². The van der Waals surface area contributed by atoms with Crippen LogP contribution >= 0.6 is 11.3 Å². The molecule has 0 N–H and O–H groups in total. The highest BCUT2D eigenvalue weighted by atomic mass is 32.1. The van der Waals surface area contributed by atoms with Crippen molar-refractivity contribution in [3.8, 4) is 0 Å². The van der Waals surface area contributed by atoms with Crippen LogP contribution < -0.4 is 4.90 Å². The summed E-state index contributed by atoms with van der Waals surface area (Å²) in [5, 5.41) is 2.86. The molecule has 0 radical (unpaired) electrons. The third-order valence-electron chi connectivity index (χ3n) is 14.5. The first kappa shape index (κ1) is 35.4. The van der Waals surface area contributed by atoms with Gasteiger partial charge in [0.05, 0.1) is 11.2 Å². The Labute approximate surface area is 351 Å². The molecule has 6 aromatic rings. The van der Waals surface area contributed by atoms with Gasteiger partial charge in [0.2, 0.25) is 0 Å². The van der Waals surface area contributed by atoms with Crippen LogP contribution in [0, 0.1) is 11.3 Å². The quantitative estimate of drug-likeness (QED) is 0.162. The monoisotopic (exact) mass is 787 g/mol. The van der Waals surface area contributed by atoms with E-state index in [9.17, 15) is 0 Å². The Bertz CT molecular complexity index is 2710. The molecule has 4 heteroatoms. The van der Waals surface area contributed by atoms with Crippen molar-refractivity contribution >= 4 is 48.6 Å². The van der Waals surface area contributed by atoms with Gasteiger partial charge in [-0.3, -0.25) is 0 Å². The zero-order chi connectivity index (χ0) is 38.9. The molecule has 6 aliphatic rings. The van der Waals surface area contributed by atoms with Gasteiger partial charge in [-0.05, 0) is 115 Å². The van der Waals surface area contributed by atoms with Crippen LogP contribution in [0.25, 0.3) is 20.2 Å². The second-order valence-electron chi connectivity index (χ2n) is 17.5. The molecule has 0 fully saturated rings. The molecule has 2 aliphatic heterocycles. The molecular formula is C55H49NO2S. The van der Waals surface area contributed by atoms with E-state index in [2.05, 4.69) is 157 Å². The molecular weight excluding hydrogens is 739 g/mol. The number of thiophene rings is 1. The molecule has 3 nitrogen and oxygen atoms in total. The summed E-state index contributed by atoms with van der Waals surface area (Å²) in [6.45, 7) is 0. The lowest BCUT2D eigenvalue weighted by Gasteiger charge is -2.57. The van der Waals surface area contributed by atoms with E-state index in [4.69, 9.17) is 9.47 Å². The van der Waals surface area contributed by atoms with E-state index in [-0.39, 0.29) is 17.4 Å². The van der Waals surface area contributed by atoms with Gasteiger partial charge in [0.25, 0.3) is 0 Å². The fourth-order valence-corrected chi connectivity index (χ4v) is 13.1. The van der Waals surface area contributed by atoms with Crippen molar-refractivity contribution in [3.05, 3.63) is 197 Å². The molecule has 5 aromatic carbocycles. The number of ether oxygens (including phenoxy) is 2. The lowest BCUT2D eigenvalue weighted by molar-refractivity contribution is -0.0175. The van der Waals surface area contributed by atoms with Crippen molar-refractivity contribution in [1.29, 1.82) is 0 Å². The predicted octanol–water partition coefficient (Wildman–Crippen LogP) is 15.3. The molecule has 5 unspecified atom stereocenters. The van der Waals surface area contributed by atoms with Gasteiger partial charge in [-0.25, -0.2) is 0 Å². The summed E-state index contributed by atoms with van der Waals surface area (Å²) in [6, 6.07) is 46.6. The number of fused-ring (bicyclic) bond motifs is 8. The predicted molar refractivity (Wildman–Crippen MR) is 243 cm³/mol. The minimum absolute atomic E-state index is 0.157. The molecule has 4 aliphatic carbocycles. The molecule has 12 rings (SSSR count). The normalized spacial score (nSPS) is 26.0. The van der Waals surface area contributed by atoms with Crippen LogP contribution in [0.5, 0.6) is 0 Å². The average molecular weight is 788 g/mol. The molecule has 0 amide bonds. The summed E-state index contributed by atoms with van der Waals surface area (Å²) in [5.74, 6) is 4.83. The Morgan fingerprint density at radius 1 is 0.610 bits per heavy atom. The van der Waals surface area contributed by atoms with E-state index in [0.29, 0.717) is 11.8 Å². The Morgan fingerprint density at radius 2 is 1.32 bits per heavy atom. The Hall–Kier alpha value is -5.58. The van der Waals surface area contributed by atoms with Gasteiger partial charge in [-0.2, -0.15) is 0 Å². The number of benzene rings is 5. The first-order valence-electron chi connectivity index (χ1n) is 22.0. The fourth-order valence-electron chi connectivity index (χ4n) is 12.0. The van der Waals surface area contributed by atoms with Gasteiger partial charge < -0.3 is 14.4 Å². The maximum Gasteiger partial charge on any atom is 0.109 e. The summed E-state index contributed by atoms with van der Waals surface area (Å²) < 4.78 is 17.3. The second kappa shape index (κ2) is 14.3. The average Bonchev–Trinajstić information content (AvgIpc) is 3.69. The van der Waals surface area contributed by atoms with Crippen LogP contribution in [0.1, 0.15) is 87.2 Å². The molecule has 292 valence electrons. The van der Waals surface area contributed by atoms with Crippen molar-refractivity contribution in [2.24, 2.45) is 11.3 Å². The summed E-state index contributed by atoms with van der Waals surface area (Å²) >= 11 is 1.93. The first-order valence-corrected chi connectivity index (χ1v) is 22.8.